The fraction of sp³-hybridized carbons (Fsp3) is 0.0625. The third-order valence-electron chi connectivity index (χ3n) is 2.91. The van der Waals surface area contributed by atoms with E-state index in [1.807, 2.05) is 5.38 Å². The molecule has 2 aromatic heterocycles. The molecule has 0 unspecified atom stereocenters. The molecular formula is C16H11FN2O2S. The number of benzene rings is 1. The standard InChI is InChI=1S/C16H11FN2O2S/c17-13-3-1-11(2-4-13)15-19-14(10-22-15)9-21-16(20)12-5-7-18-8-6-12/h1-8,10H,9H2. The van der Waals surface area contributed by atoms with Gasteiger partial charge in [-0.25, -0.2) is 14.2 Å². The maximum Gasteiger partial charge on any atom is 0.338 e. The number of hydrogen-bond acceptors (Lipinski definition) is 5. The molecule has 0 aliphatic rings. The fourth-order valence-electron chi connectivity index (χ4n) is 1.81. The van der Waals surface area contributed by atoms with Crippen LogP contribution in [0.15, 0.2) is 54.2 Å². The molecule has 0 atom stereocenters. The van der Waals surface area contributed by atoms with E-state index in [2.05, 4.69) is 9.97 Å². The molecule has 0 aliphatic carbocycles. The van der Waals surface area contributed by atoms with Crippen molar-refractivity contribution in [3.63, 3.8) is 0 Å². The number of pyridine rings is 1. The lowest BCUT2D eigenvalue weighted by Gasteiger charge is -2.02. The van der Waals surface area contributed by atoms with Gasteiger partial charge < -0.3 is 4.74 Å². The molecule has 0 spiro atoms. The van der Waals surface area contributed by atoms with Crippen molar-refractivity contribution in [2.24, 2.45) is 0 Å². The van der Waals surface area contributed by atoms with Crippen molar-refractivity contribution >= 4 is 17.3 Å². The zero-order chi connectivity index (χ0) is 15.4. The molecule has 6 heteroatoms. The maximum atomic E-state index is 12.9. The van der Waals surface area contributed by atoms with Crippen molar-refractivity contribution in [3.05, 3.63) is 71.2 Å². The highest BCUT2D eigenvalue weighted by Crippen LogP contribution is 2.24. The van der Waals surface area contributed by atoms with Crippen LogP contribution >= 0.6 is 11.3 Å². The van der Waals surface area contributed by atoms with Gasteiger partial charge in [0.2, 0.25) is 0 Å². The quantitative estimate of drug-likeness (QED) is 0.689. The minimum Gasteiger partial charge on any atom is -0.456 e. The first-order valence-corrected chi connectivity index (χ1v) is 7.38. The highest BCUT2D eigenvalue weighted by Gasteiger charge is 2.09. The first-order chi connectivity index (χ1) is 10.7. The number of nitrogens with zero attached hydrogens (tertiary/aromatic N) is 2. The second-order valence-electron chi connectivity index (χ2n) is 4.46. The van der Waals surface area contributed by atoms with Gasteiger partial charge in [-0.2, -0.15) is 0 Å². The molecular weight excluding hydrogens is 303 g/mol. The van der Waals surface area contributed by atoms with Gasteiger partial charge in [-0.15, -0.1) is 11.3 Å². The summed E-state index contributed by atoms with van der Waals surface area (Å²) in [6, 6.07) is 9.29. The first kappa shape index (κ1) is 14.3. The molecule has 110 valence electrons. The molecule has 0 radical (unpaired) electrons. The third-order valence-corrected chi connectivity index (χ3v) is 3.85. The lowest BCUT2D eigenvalue weighted by atomic mass is 10.2. The zero-order valence-corrected chi connectivity index (χ0v) is 12.2. The minimum atomic E-state index is -0.418. The molecule has 0 fully saturated rings. The molecule has 3 rings (SSSR count). The Morgan fingerprint density at radius 3 is 2.59 bits per heavy atom. The molecule has 0 saturated heterocycles. The highest BCUT2D eigenvalue weighted by molar-refractivity contribution is 7.13. The highest BCUT2D eigenvalue weighted by atomic mass is 32.1. The smallest absolute Gasteiger partial charge is 0.338 e. The van der Waals surface area contributed by atoms with Crippen LogP contribution in [0.5, 0.6) is 0 Å². The number of ether oxygens (including phenoxy) is 1. The number of halogens is 1. The first-order valence-electron chi connectivity index (χ1n) is 6.50. The van der Waals surface area contributed by atoms with Crippen molar-refractivity contribution in [3.8, 4) is 10.6 Å². The van der Waals surface area contributed by atoms with Gasteiger partial charge >= 0.3 is 5.97 Å². The second kappa shape index (κ2) is 6.44. The van der Waals surface area contributed by atoms with E-state index in [0.29, 0.717) is 11.3 Å². The monoisotopic (exact) mass is 314 g/mol. The molecule has 2 heterocycles. The van der Waals surface area contributed by atoms with E-state index in [1.165, 1.54) is 35.9 Å². The number of carbonyl (C=O) groups is 1. The second-order valence-corrected chi connectivity index (χ2v) is 5.32. The Bertz CT molecular complexity index is 772. The number of rotatable bonds is 4. The summed E-state index contributed by atoms with van der Waals surface area (Å²) < 4.78 is 18.1. The lowest BCUT2D eigenvalue weighted by molar-refractivity contribution is 0.0468. The molecule has 0 aliphatic heterocycles. The lowest BCUT2D eigenvalue weighted by Crippen LogP contribution is -2.05. The number of esters is 1. The van der Waals surface area contributed by atoms with Crippen LogP contribution in [0.25, 0.3) is 10.6 Å². The van der Waals surface area contributed by atoms with Crippen molar-refractivity contribution < 1.29 is 13.9 Å². The van der Waals surface area contributed by atoms with Crippen LogP contribution in [0, 0.1) is 5.82 Å². The van der Waals surface area contributed by atoms with E-state index in [0.717, 1.165) is 10.6 Å². The van der Waals surface area contributed by atoms with Crippen LogP contribution in [-0.4, -0.2) is 15.9 Å². The van der Waals surface area contributed by atoms with Crippen LogP contribution in [0.2, 0.25) is 0 Å². The van der Waals surface area contributed by atoms with E-state index >= 15 is 0 Å². The molecule has 0 bridgehead atoms. The Kier molecular flexibility index (Phi) is 4.20. The van der Waals surface area contributed by atoms with Gasteiger partial charge in [-0.3, -0.25) is 4.98 Å². The van der Waals surface area contributed by atoms with Gasteiger partial charge in [0.15, 0.2) is 0 Å². The van der Waals surface area contributed by atoms with Crippen LogP contribution in [-0.2, 0) is 11.3 Å². The van der Waals surface area contributed by atoms with E-state index in [-0.39, 0.29) is 12.4 Å². The average molecular weight is 314 g/mol. The van der Waals surface area contributed by atoms with Gasteiger partial charge in [0.1, 0.15) is 17.4 Å². The van der Waals surface area contributed by atoms with Crippen molar-refractivity contribution in [2.45, 2.75) is 6.61 Å². The summed E-state index contributed by atoms with van der Waals surface area (Å²) in [7, 11) is 0. The SMILES string of the molecule is O=C(OCc1csc(-c2ccc(F)cc2)n1)c1ccncc1. The van der Waals surface area contributed by atoms with Crippen molar-refractivity contribution in [1.29, 1.82) is 0 Å². The number of hydrogen-bond donors (Lipinski definition) is 0. The fourth-order valence-corrected chi connectivity index (χ4v) is 2.62. The third kappa shape index (κ3) is 3.35. The van der Waals surface area contributed by atoms with Crippen LogP contribution in [0.3, 0.4) is 0 Å². The van der Waals surface area contributed by atoms with Crippen LogP contribution in [0.4, 0.5) is 4.39 Å². The topological polar surface area (TPSA) is 52.1 Å². The molecule has 22 heavy (non-hydrogen) atoms. The summed E-state index contributed by atoms with van der Waals surface area (Å²) in [6.07, 6.45) is 3.07. The molecule has 0 N–H and O–H groups in total. The largest absolute Gasteiger partial charge is 0.456 e. The predicted octanol–water partition coefficient (Wildman–Crippen LogP) is 3.70. The van der Waals surface area contributed by atoms with Gasteiger partial charge in [-0.05, 0) is 36.4 Å². The van der Waals surface area contributed by atoms with Crippen molar-refractivity contribution in [1.82, 2.24) is 9.97 Å². The number of thiazole rings is 1. The van der Waals surface area contributed by atoms with E-state index in [9.17, 15) is 9.18 Å². The van der Waals surface area contributed by atoms with Gasteiger partial charge in [0, 0.05) is 23.3 Å². The molecule has 4 nitrogen and oxygen atoms in total. The predicted molar refractivity (Wildman–Crippen MR) is 80.9 cm³/mol. The number of aromatic nitrogens is 2. The summed E-state index contributed by atoms with van der Waals surface area (Å²) in [4.78, 5) is 20.0. The van der Waals surface area contributed by atoms with E-state index < -0.39 is 5.97 Å². The average Bonchev–Trinajstić information content (AvgIpc) is 3.03. The Labute approximate surface area is 130 Å². The Hall–Kier alpha value is -2.60. The molecule has 0 amide bonds. The number of carbonyl (C=O) groups excluding carboxylic acids is 1. The Morgan fingerprint density at radius 2 is 1.86 bits per heavy atom. The van der Waals surface area contributed by atoms with Gasteiger partial charge in [-0.1, -0.05) is 0 Å². The van der Waals surface area contributed by atoms with Gasteiger partial charge in [0.05, 0.1) is 11.3 Å². The van der Waals surface area contributed by atoms with Crippen molar-refractivity contribution in [2.75, 3.05) is 0 Å². The summed E-state index contributed by atoms with van der Waals surface area (Å²) in [5.41, 5.74) is 1.94. The summed E-state index contributed by atoms with van der Waals surface area (Å²) in [5.74, 6) is -0.703. The van der Waals surface area contributed by atoms with E-state index in [1.54, 1.807) is 24.3 Å². The molecule has 0 saturated carbocycles. The Balaban J connectivity index is 1.65. The summed E-state index contributed by atoms with van der Waals surface area (Å²) in [5, 5.41) is 2.58. The Morgan fingerprint density at radius 1 is 1.14 bits per heavy atom. The molecule has 1 aromatic carbocycles. The van der Waals surface area contributed by atoms with Crippen LogP contribution in [0.1, 0.15) is 16.1 Å². The summed E-state index contributed by atoms with van der Waals surface area (Å²) >= 11 is 1.42. The van der Waals surface area contributed by atoms with Gasteiger partial charge in [0.25, 0.3) is 0 Å². The molecule has 3 aromatic rings. The zero-order valence-electron chi connectivity index (χ0n) is 11.4. The normalized spacial score (nSPS) is 10.4. The summed E-state index contributed by atoms with van der Waals surface area (Å²) in [6.45, 7) is 0.0961. The maximum absolute atomic E-state index is 12.9. The van der Waals surface area contributed by atoms with E-state index in [4.69, 9.17) is 4.74 Å². The minimum absolute atomic E-state index is 0.0961. The van der Waals surface area contributed by atoms with Crippen LogP contribution < -0.4 is 0 Å².